The van der Waals surface area contributed by atoms with E-state index in [1.807, 2.05) is 0 Å². The molecule has 0 radical (unpaired) electrons. The van der Waals surface area contributed by atoms with Crippen molar-refractivity contribution in [2.75, 3.05) is 19.8 Å². The smallest absolute Gasteiger partial charge is 0.187 e. The van der Waals surface area contributed by atoms with Crippen LogP contribution in [-0.2, 0) is 33.2 Å². The molecule has 62 heavy (non-hydrogen) atoms. The molecule has 10 N–H and O–H groups in total. The highest BCUT2D eigenvalue weighted by Gasteiger charge is 2.65. The monoisotopic (exact) mass is 886 g/mol. The average Bonchev–Trinajstić information content (AvgIpc) is 3.74. The molecule has 4 heterocycles. The summed E-state index contributed by atoms with van der Waals surface area (Å²) in [5, 5.41) is 103. The third-order valence-electron chi connectivity index (χ3n) is 17.3. The Morgan fingerprint density at radius 3 is 2.05 bits per heavy atom. The van der Waals surface area contributed by atoms with Crippen molar-refractivity contribution in [3.05, 3.63) is 11.3 Å². The average molecular weight is 887 g/mol. The molecule has 25 atom stereocenters. The van der Waals surface area contributed by atoms with Gasteiger partial charge in [-0.05, 0) is 118 Å². The van der Waals surface area contributed by atoms with Gasteiger partial charge in [0.1, 0.15) is 73.2 Å². The standard InChI is InChI=1S/C45H74O17/c1-19(18-56-41-37(53)35(51)33(49)29(16-46)60-41)6-9-27-20(2)31-28(59-27)15-26-24-8-7-22-14-23(10-12-44(22,4)25(24)11-13-45(26,31)5)58-43-39(55)36(52)40(30(17-47)61-43)62-42-38(54)34(50)32(48)21(3)57-42/h19,21-26,28-43,46-55H,6-18H2,1-5H3/t19-,21-,22?,23-,24+,25-,26-,28-,29+,30+,31-,32-,33+,34+,35-,36+,37+,38+,39+,40+,41+,42-,43+,44-,45-/m0/s1. The van der Waals surface area contributed by atoms with Gasteiger partial charge in [-0.1, -0.05) is 20.8 Å². The summed E-state index contributed by atoms with van der Waals surface area (Å²) in [6.07, 6.45) is -10.3. The summed E-state index contributed by atoms with van der Waals surface area (Å²) in [7, 11) is 0. The Morgan fingerprint density at radius 2 is 1.32 bits per heavy atom. The van der Waals surface area contributed by atoms with Gasteiger partial charge in [0, 0.05) is 12.3 Å². The number of aliphatic hydroxyl groups is 10. The highest BCUT2D eigenvalue weighted by molar-refractivity contribution is 5.26. The van der Waals surface area contributed by atoms with Crippen molar-refractivity contribution in [2.45, 2.75) is 203 Å². The number of ether oxygens (including phenoxy) is 7. The Labute approximate surface area is 364 Å². The molecular formula is C45H74O17. The zero-order valence-electron chi connectivity index (χ0n) is 36.8. The number of hydrogen-bond donors (Lipinski definition) is 10. The van der Waals surface area contributed by atoms with Gasteiger partial charge >= 0.3 is 0 Å². The van der Waals surface area contributed by atoms with Gasteiger partial charge in [0.05, 0.1) is 37.8 Å². The normalized spacial score (nSPS) is 53.3. The second-order valence-corrected chi connectivity index (χ2v) is 20.9. The van der Waals surface area contributed by atoms with E-state index in [0.29, 0.717) is 29.6 Å². The van der Waals surface area contributed by atoms with E-state index >= 15 is 0 Å². The molecule has 0 spiro atoms. The second kappa shape index (κ2) is 18.5. The van der Waals surface area contributed by atoms with E-state index in [1.54, 1.807) is 0 Å². The lowest BCUT2D eigenvalue weighted by Gasteiger charge is -2.61. The van der Waals surface area contributed by atoms with Crippen LogP contribution in [0.25, 0.3) is 0 Å². The lowest BCUT2D eigenvalue weighted by atomic mass is 9.44. The van der Waals surface area contributed by atoms with Crippen LogP contribution in [0.5, 0.6) is 0 Å². The molecule has 3 saturated heterocycles. The molecular weight excluding hydrogens is 812 g/mol. The summed E-state index contributed by atoms with van der Waals surface area (Å²) < 4.78 is 41.9. The summed E-state index contributed by atoms with van der Waals surface area (Å²) in [6, 6.07) is 0. The predicted molar refractivity (Wildman–Crippen MR) is 216 cm³/mol. The van der Waals surface area contributed by atoms with Gasteiger partial charge in [0.25, 0.3) is 0 Å². The van der Waals surface area contributed by atoms with Crippen molar-refractivity contribution < 1.29 is 84.2 Å². The van der Waals surface area contributed by atoms with E-state index in [0.717, 1.165) is 63.5 Å². The Bertz CT molecular complexity index is 1570. The molecule has 0 aromatic rings. The minimum Gasteiger partial charge on any atom is -0.494 e. The van der Waals surface area contributed by atoms with E-state index in [9.17, 15) is 51.1 Å². The molecule has 17 heteroatoms. The predicted octanol–water partition coefficient (Wildman–Crippen LogP) is 0.198. The quantitative estimate of drug-likeness (QED) is 0.117. The molecule has 0 amide bonds. The van der Waals surface area contributed by atoms with Crippen LogP contribution >= 0.6 is 0 Å². The lowest BCUT2D eigenvalue weighted by molar-refractivity contribution is -0.361. The van der Waals surface area contributed by atoms with Gasteiger partial charge < -0.3 is 84.2 Å². The molecule has 8 rings (SSSR count). The molecule has 4 saturated carbocycles. The van der Waals surface area contributed by atoms with Crippen molar-refractivity contribution in [3.8, 4) is 0 Å². The first-order valence-electron chi connectivity index (χ1n) is 23.3. The molecule has 1 unspecified atom stereocenters. The van der Waals surface area contributed by atoms with E-state index in [1.165, 1.54) is 18.9 Å². The molecule has 7 fully saturated rings. The largest absolute Gasteiger partial charge is 0.494 e. The minimum atomic E-state index is -1.63. The molecule has 0 aromatic heterocycles. The first kappa shape index (κ1) is 47.4. The van der Waals surface area contributed by atoms with Crippen LogP contribution in [0.15, 0.2) is 11.3 Å². The molecule has 4 aliphatic carbocycles. The van der Waals surface area contributed by atoms with E-state index in [-0.39, 0.29) is 35.6 Å². The number of rotatable bonds is 12. The van der Waals surface area contributed by atoms with E-state index in [2.05, 4.69) is 27.7 Å². The van der Waals surface area contributed by atoms with Crippen LogP contribution in [-0.4, -0.2) is 175 Å². The molecule has 4 aliphatic heterocycles. The fraction of sp³-hybridized carbons (Fsp3) is 0.956. The summed E-state index contributed by atoms with van der Waals surface area (Å²) >= 11 is 0. The SMILES string of the molecule is CC1=C(CC[C@H](C)CO[C@@H]2O[C@H](CO)[C@@H](O)[C@H](O)[C@H]2O)O[C@H]2C[C@H]3[C@@H]4CCC5C[C@@H](O[C@@H]6O[C@H](CO)[C@@H](O[C@@H]7O[C@@H](C)[C@H](O)[C@@H](O)[C@H]7O)[C@H](O)[C@H]6O)CC[C@]5(C)[C@H]4CC[C@]3(C)[C@@H]12. The van der Waals surface area contributed by atoms with Gasteiger partial charge in [-0.2, -0.15) is 0 Å². The first-order valence-corrected chi connectivity index (χ1v) is 23.3. The molecule has 17 nitrogen and oxygen atoms in total. The first-order chi connectivity index (χ1) is 29.4. The van der Waals surface area contributed by atoms with Crippen LogP contribution in [0.4, 0.5) is 0 Å². The zero-order chi connectivity index (χ0) is 44.6. The highest BCUT2D eigenvalue weighted by atomic mass is 16.7. The lowest BCUT2D eigenvalue weighted by Crippen LogP contribution is -2.64. The van der Waals surface area contributed by atoms with Gasteiger partial charge in [0.2, 0.25) is 0 Å². The fourth-order valence-corrected chi connectivity index (χ4v) is 13.7. The summed E-state index contributed by atoms with van der Waals surface area (Å²) in [5.41, 5.74) is 1.66. The summed E-state index contributed by atoms with van der Waals surface area (Å²) in [6.45, 7) is 10.0. The number of allylic oxidation sites excluding steroid dienone is 1. The summed E-state index contributed by atoms with van der Waals surface area (Å²) in [4.78, 5) is 0. The Kier molecular flexibility index (Phi) is 14.2. The second-order valence-electron chi connectivity index (χ2n) is 20.9. The summed E-state index contributed by atoms with van der Waals surface area (Å²) in [5.74, 6) is 3.75. The highest BCUT2D eigenvalue weighted by Crippen LogP contribution is 2.70. The zero-order valence-corrected chi connectivity index (χ0v) is 36.8. The molecule has 356 valence electrons. The number of aliphatic hydroxyl groups excluding tert-OH is 10. The van der Waals surface area contributed by atoms with Crippen molar-refractivity contribution in [3.63, 3.8) is 0 Å². The topological polar surface area (TPSA) is 267 Å². The van der Waals surface area contributed by atoms with Gasteiger partial charge in [-0.3, -0.25) is 0 Å². The molecule has 8 aliphatic rings. The van der Waals surface area contributed by atoms with Crippen LogP contribution < -0.4 is 0 Å². The van der Waals surface area contributed by atoms with Crippen molar-refractivity contribution in [1.29, 1.82) is 0 Å². The van der Waals surface area contributed by atoms with Crippen LogP contribution in [0.2, 0.25) is 0 Å². The molecule has 0 bridgehead atoms. The van der Waals surface area contributed by atoms with Crippen molar-refractivity contribution in [2.24, 2.45) is 46.3 Å². The van der Waals surface area contributed by atoms with Gasteiger partial charge in [-0.15, -0.1) is 0 Å². The Hall–Kier alpha value is -1.10. The fourth-order valence-electron chi connectivity index (χ4n) is 13.7. The van der Waals surface area contributed by atoms with Crippen LogP contribution in [0.1, 0.15) is 98.8 Å². The van der Waals surface area contributed by atoms with Gasteiger partial charge in [0.15, 0.2) is 18.9 Å². The van der Waals surface area contributed by atoms with Gasteiger partial charge in [-0.25, -0.2) is 0 Å². The molecule has 0 aromatic carbocycles. The third-order valence-corrected chi connectivity index (χ3v) is 17.3. The van der Waals surface area contributed by atoms with Crippen molar-refractivity contribution >= 4 is 0 Å². The number of fused-ring (bicyclic) bond motifs is 7. The Balaban J connectivity index is 0.838. The van der Waals surface area contributed by atoms with Crippen LogP contribution in [0, 0.1) is 46.3 Å². The van der Waals surface area contributed by atoms with Crippen LogP contribution in [0.3, 0.4) is 0 Å². The maximum Gasteiger partial charge on any atom is 0.187 e. The van der Waals surface area contributed by atoms with Crippen molar-refractivity contribution in [1.82, 2.24) is 0 Å². The maximum absolute atomic E-state index is 11.2. The minimum absolute atomic E-state index is 0.105. The third kappa shape index (κ3) is 8.34. The maximum atomic E-state index is 11.2. The van der Waals surface area contributed by atoms with E-state index in [4.69, 9.17) is 33.2 Å². The van der Waals surface area contributed by atoms with E-state index < -0.39 is 105 Å². The Morgan fingerprint density at radius 1 is 0.677 bits per heavy atom. The number of hydrogen-bond acceptors (Lipinski definition) is 17.